The molecule has 0 radical (unpaired) electrons. The number of fused-ring (bicyclic) bond motifs is 1. The highest BCUT2D eigenvalue weighted by molar-refractivity contribution is 8.01. The number of hydrogen-bond donors (Lipinski definition) is 1. The molecule has 0 aliphatic carbocycles. The van der Waals surface area contributed by atoms with Crippen LogP contribution in [0.1, 0.15) is 24.3 Å². The van der Waals surface area contributed by atoms with E-state index in [1.807, 2.05) is 24.3 Å². The molecule has 11 heteroatoms. The normalized spacial score (nSPS) is 20.9. The van der Waals surface area contributed by atoms with Crippen molar-refractivity contribution in [3.8, 4) is 11.5 Å². The highest BCUT2D eigenvalue weighted by Crippen LogP contribution is 2.43. The van der Waals surface area contributed by atoms with E-state index in [0.717, 1.165) is 22.3 Å². The molecule has 9 nitrogen and oxygen atoms in total. The van der Waals surface area contributed by atoms with E-state index in [4.69, 9.17) is 14.2 Å². The molecule has 1 fully saturated rings. The Morgan fingerprint density at radius 1 is 1.03 bits per heavy atom. The van der Waals surface area contributed by atoms with Crippen molar-refractivity contribution in [1.82, 2.24) is 0 Å². The number of nitrogens with zero attached hydrogens (tertiary/aromatic N) is 1. The number of carbonyl (C=O) groups is 2. The highest BCUT2D eigenvalue weighted by atomic mass is 32.2. The zero-order chi connectivity index (χ0) is 27.0. The number of rotatable bonds is 8. The van der Waals surface area contributed by atoms with Gasteiger partial charge in [0.2, 0.25) is 5.91 Å². The minimum Gasteiger partial charge on any atom is -0.480 e. The van der Waals surface area contributed by atoms with Crippen LogP contribution in [0.2, 0.25) is 0 Å². The van der Waals surface area contributed by atoms with Gasteiger partial charge in [0.15, 0.2) is 22.4 Å². The molecule has 0 spiro atoms. The number of anilines is 1. The van der Waals surface area contributed by atoms with Crippen LogP contribution in [0.15, 0.2) is 76.5 Å². The minimum atomic E-state index is -3.29. The first-order chi connectivity index (χ1) is 18.1. The van der Waals surface area contributed by atoms with E-state index < -0.39 is 33.9 Å². The summed E-state index contributed by atoms with van der Waals surface area (Å²) >= 11 is 1.40. The predicted octanol–water partition coefficient (Wildman–Crippen LogP) is 4.41. The molecule has 2 aliphatic heterocycles. The van der Waals surface area contributed by atoms with E-state index in [1.165, 1.54) is 28.8 Å². The van der Waals surface area contributed by atoms with Crippen LogP contribution in [0, 0.1) is 0 Å². The summed E-state index contributed by atoms with van der Waals surface area (Å²) in [6.45, 7) is 1.34. The Morgan fingerprint density at radius 2 is 1.66 bits per heavy atom. The van der Waals surface area contributed by atoms with Crippen LogP contribution in [-0.2, 0) is 35.3 Å². The quantitative estimate of drug-likeness (QED) is 0.431. The van der Waals surface area contributed by atoms with Crippen LogP contribution >= 0.6 is 11.8 Å². The maximum Gasteiger partial charge on any atom is 0.323 e. The smallest absolute Gasteiger partial charge is 0.323 e. The van der Waals surface area contributed by atoms with Crippen molar-refractivity contribution in [2.75, 3.05) is 17.7 Å². The van der Waals surface area contributed by atoms with Crippen LogP contribution < -0.4 is 9.64 Å². The molecular formula is C27H25NO8S2. The molecule has 0 saturated carbocycles. The lowest BCUT2D eigenvalue weighted by atomic mass is 10.1. The third-order valence-electron chi connectivity index (χ3n) is 6.11. The molecule has 1 unspecified atom stereocenters. The van der Waals surface area contributed by atoms with E-state index in [1.54, 1.807) is 37.3 Å². The average Bonchev–Trinajstić information content (AvgIpc) is 2.85. The molecule has 3 aromatic carbocycles. The molecule has 3 aromatic rings. The molecule has 5 rings (SSSR count). The van der Waals surface area contributed by atoms with E-state index in [-0.39, 0.29) is 17.1 Å². The topological polar surface area (TPSA) is 119 Å². The van der Waals surface area contributed by atoms with Crippen LogP contribution in [-0.4, -0.2) is 49.7 Å². The summed E-state index contributed by atoms with van der Waals surface area (Å²) in [5, 5.41) is 8.97. The molecule has 2 aliphatic rings. The Hall–Kier alpha value is -3.38. The maximum atomic E-state index is 13.4. The zero-order valence-electron chi connectivity index (χ0n) is 20.6. The number of thioether (sulfide) groups is 1. The summed E-state index contributed by atoms with van der Waals surface area (Å²) in [5.74, 6) is -0.326. The van der Waals surface area contributed by atoms with Gasteiger partial charge in [0, 0.05) is 16.7 Å². The number of carbonyl (C=O) groups excluding carboxylic acids is 1. The van der Waals surface area contributed by atoms with Crippen LogP contribution in [0.3, 0.4) is 0 Å². The van der Waals surface area contributed by atoms with E-state index in [0.29, 0.717) is 23.6 Å². The predicted molar refractivity (Wildman–Crippen MR) is 140 cm³/mol. The van der Waals surface area contributed by atoms with Crippen molar-refractivity contribution in [3.05, 3.63) is 77.9 Å². The SMILES string of the molecule is CC1OC(c2ccc3c(c2)N(CC(=O)O)C(=O)C(Cc2ccc(Oc4ccc(S(C)(=O)=O)cc4)cc2)S3)O1. The lowest BCUT2D eigenvalue weighted by Crippen LogP contribution is -2.44. The van der Waals surface area contributed by atoms with Gasteiger partial charge in [-0.15, -0.1) is 11.8 Å². The van der Waals surface area contributed by atoms with Crippen LogP contribution in [0.4, 0.5) is 5.69 Å². The molecule has 0 bridgehead atoms. The number of amides is 1. The second-order valence-corrected chi connectivity index (χ2v) is 12.3. The van der Waals surface area contributed by atoms with Gasteiger partial charge in [0.25, 0.3) is 0 Å². The molecule has 2 heterocycles. The molecule has 1 atom stereocenters. The molecule has 198 valence electrons. The summed E-state index contributed by atoms with van der Waals surface area (Å²) in [6.07, 6.45) is 0.714. The molecule has 0 aromatic heterocycles. The van der Waals surface area contributed by atoms with Crippen LogP contribution in [0.25, 0.3) is 0 Å². The lowest BCUT2D eigenvalue weighted by Gasteiger charge is -2.36. The monoisotopic (exact) mass is 555 g/mol. The largest absolute Gasteiger partial charge is 0.480 e. The van der Waals surface area contributed by atoms with Crippen molar-refractivity contribution in [2.24, 2.45) is 0 Å². The first-order valence-electron chi connectivity index (χ1n) is 11.8. The fourth-order valence-electron chi connectivity index (χ4n) is 4.23. The van der Waals surface area contributed by atoms with E-state index in [2.05, 4.69) is 0 Å². The second-order valence-electron chi connectivity index (χ2n) is 9.02. The van der Waals surface area contributed by atoms with Gasteiger partial charge < -0.3 is 19.3 Å². The van der Waals surface area contributed by atoms with Gasteiger partial charge in [-0.05, 0) is 67.4 Å². The van der Waals surface area contributed by atoms with E-state index in [9.17, 15) is 23.1 Å². The lowest BCUT2D eigenvalue weighted by molar-refractivity contribution is -0.382. The Labute approximate surface area is 224 Å². The Balaban J connectivity index is 1.30. The fourth-order valence-corrected chi connectivity index (χ4v) is 6.11. The number of sulfone groups is 1. The van der Waals surface area contributed by atoms with Gasteiger partial charge in [0.1, 0.15) is 18.0 Å². The van der Waals surface area contributed by atoms with Crippen molar-refractivity contribution < 1.29 is 37.3 Å². The van der Waals surface area contributed by atoms with Crippen LogP contribution in [0.5, 0.6) is 11.5 Å². The van der Waals surface area contributed by atoms with Gasteiger partial charge in [-0.2, -0.15) is 0 Å². The Kier molecular flexibility index (Phi) is 7.19. The highest BCUT2D eigenvalue weighted by Gasteiger charge is 2.36. The number of benzene rings is 3. The molecule has 1 amide bonds. The van der Waals surface area contributed by atoms with Gasteiger partial charge in [-0.1, -0.05) is 18.2 Å². The first kappa shape index (κ1) is 26.2. The first-order valence-corrected chi connectivity index (χ1v) is 14.6. The number of ether oxygens (including phenoxy) is 3. The summed E-state index contributed by atoms with van der Waals surface area (Å²) in [5.41, 5.74) is 2.15. The Bertz CT molecular complexity index is 1470. The summed E-state index contributed by atoms with van der Waals surface area (Å²) < 4.78 is 40.1. The van der Waals surface area contributed by atoms with Crippen molar-refractivity contribution >= 4 is 39.2 Å². The molecule has 38 heavy (non-hydrogen) atoms. The summed E-state index contributed by atoms with van der Waals surface area (Å²) in [7, 11) is -3.29. The molecule has 1 saturated heterocycles. The van der Waals surface area contributed by atoms with Gasteiger partial charge in [-0.3, -0.25) is 14.5 Å². The minimum absolute atomic E-state index is 0.212. The molecule has 1 N–H and O–H groups in total. The fraction of sp³-hybridized carbons (Fsp3) is 0.259. The maximum absolute atomic E-state index is 13.4. The van der Waals surface area contributed by atoms with Crippen molar-refractivity contribution in [1.29, 1.82) is 0 Å². The van der Waals surface area contributed by atoms with Gasteiger partial charge in [0.05, 0.1) is 15.8 Å². The number of aliphatic carboxylic acids is 1. The summed E-state index contributed by atoms with van der Waals surface area (Å²) in [4.78, 5) is 27.3. The number of hydrogen-bond acceptors (Lipinski definition) is 8. The van der Waals surface area contributed by atoms with Crippen molar-refractivity contribution in [2.45, 2.75) is 41.0 Å². The third kappa shape index (κ3) is 5.70. The molecular weight excluding hydrogens is 530 g/mol. The standard InChI is InChI=1S/C27H25NO8S2/c1-16-34-27(35-16)18-5-12-23-22(14-18)28(15-25(29)30)26(31)24(37-23)13-17-3-6-19(7-4-17)36-20-8-10-21(11-9-20)38(2,32)33/h3-12,14,16,24,27H,13,15H2,1-2H3,(H,29,30). The third-order valence-corrected chi connectivity index (χ3v) is 8.49. The number of carboxylic acids is 1. The van der Waals surface area contributed by atoms with Gasteiger partial charge >= 0.3 is 5.97 Å². The average molecular weight is 556 g/mol. The Morgan fingerprint density at radius 3 is 2.24 bits per heavy atom. The van der Waals surface area contributed by atoms with Gasteiger partial charge in [-0.25, -0.2) is 8.42 Å². The second kappa shape index (κ2) is 10.4. The van der Waals surface area contributed by atoms with E-state index >= 15 is 0 Å². The van der Waals surface area contributed by atoms with Crippen molar-refractivity contribution in [3.63, 3.8) is 0 Å². The summed E-state index contributed by atoms with van der Waals surface area (Å²) in [6, 6.07) is 18.9. The number of carboxylic acid groups (broad SMARTS) is 1. The zero-order valence-corrected chi connectivity index (χ0v) is 22.2.